The summed E-state index contributed by atoms with van der Waals surface area (Å²) in [6, 6.07) is 11.0. The van der Waals surface area contributed by atoms with Gasteiger partial charge in [-0.15, -0.1) is 0 Å². The lowest BCUT2D eigenvalue weighted by atomic mass is 10.2. The quantitative estimate of drug-likeness (QED) is 0.645. The summed E-state index contributed by atoms with van der Waals surface area (Å²) in [5, 5.41) is 0.105. The second kappa shape index (κ2) is 8.22. The maximum absolute atomic E-state index is 13.4. The average Bonchev–Trinajstić information content (AvgIpc) is 2.82. The van der Waals surface area contributed by atoms with E-state index < -0.39 is 16.8 Å². The summed E-state index contributed by atoms with van der Waals surface area (Å²) in [7, 11) is 0.509. The van der Waals surface area contributed by atoms with Crippen LogP contribution in [0.2, 0.25) is 5.02 Å². The van der Waals surface area contributed by atoms with Gasteiger partial charge in [0.1, 0.15) is 5.82 Å². The Bertz CT molecular complexity index is 809. The number of hydrogen-bond donors (Lipinski definition) is 2. The van der Waals surface area contributed by atoms with E-state index in [9.17, 15) is 13.5 Å². The Morgan fingerprint density at radius 2 is 1.78 bits per heavy atom. The second-order valence-corrected chi connectivity index (χ2v) is 8.58. The first-order valence-corrected chi connectivity index (χ1v) is 10.3. The van der Waals surface area contributed by atoms with Gasteiger partial charge in [-0.05, 0) is 55.4 Å². The third kappa shape index (κ3) is 4.16. The van der Waals surface area contributed by atoms with Crippen LogP contribution in [0.5, 0.6) is 0 Å². The van der Waals surface area contributed by atoms with Crippen LogP contribution in [0.3, 0.4) is 0 Å². The first-order valence-electron chi connectivity index (χ1n) is 8.45. The minimum Gasteiger partial charge on any atom is -0.378 e. The summed E-state index contributed by atoms with van der Waals surface area (Å²) >= 11 is 6.19. The van der Waals surface area contributed by atoms with Gasteiger partial charge in [-0.25, -0.2) is 13.0 Å². The molecule has 0 spiro atoms. The average molecular weight is 416 g/mol. The van der Waals surface area contributed by atoms with Crippen LogP contribution in [0.25, 0.3) is 0 Å². The van der Waals surface area contributed by atoms with Crippen LogP contribution < -0.4 is 8.61 Å². The van der Waals surface area contributed by atoms with Crippen LogP contribution in [-0.4, -0.2) is 54.4 Å². The highest BCUT2D eigenvalue weighted by Gasteiger charge is 2.42. The van der Waals surface area contributed by atoms with Crippen molar-refractivity contribution in [3.8, 4) is 0 Å². The Morgan fingerprint density at radius 1 is 1.07 bits per heavy atom. The minimum atomic E-state index is -3.41. The molecule has 9 heteroatoms. The smallest absolute Gasteiger partial charge is 0.124 e. The molecule has 1 aliphatic rings. The molecule has 0 radical (unpaired) electrons. The van der Waals surface area contributed by atoms with Crippen molar-refractivity contribution in [2.45, 2.75) is 0 Å². The van der Waals surface area contributed by atoms with E-state index in [0.717, 1.165) is 12.6 Å². The summed E-state index contributed by atoms with van der Waals surface area (Å²) in [6.07, 6.45) is 0. The van der Waals surface area contributed by atoms with Gasteiger partial charge in [0.2, 0.25) is 0 Å². The summed E-state index contributed by atoms with van der Waals surface area (Å²) < 4.78 is 43.9. The van der Waals surface area contributed by atoms with E-state index in [2.05, 4.69) is 0 Å². The first-order chi connectivity index (χ1) is 12.8. The van der Waals surface area contributed by atoms with E-state index in [0.29, 0.717) is 36.8 Å². The van der Waals surface area contributed by atoms with Gasteiger partial charge in [0.05, 0.1) is 41.8 Å². The predicted molar refractivity (Wildman–Crippen MR) is 110 cm³/mol. The monoisotopic (exact) mass is 415 g/mol. The van der Waals surface area contributed by atoms with E-state index >= 15 is 0 Å². The van der Waals surface area contributed by atoms with Crippen LogP contribution in [0.15, 0.2) is 42.5 Å². The number of likely N-dealkylation sites (N-methyl/N-ethyl adjacent to an activating group) is 1. The predicted octanol–water partition coefficient (Wildman–Crippen LogP) is 4.60. The molecule has 2 N–H and O–H groups in total. The molecule has 6 nitrogen and oxygen atoms in total. The molecule has 0 fully saturated rings. The molecule has 0 saturated heterocycles. The molecule has 2 aromatic rings. The molecule has 27 heavy (non-hydrogen) atoms. The Balaban J connectivity index is 1.86. The third-order valence-electron chi connectivity index (χ3n) is 4.16. The van der Waals surface area contributed by atoms with Crippen LogP contribution in [0, 0.1) is 5.82 Å². The molecule has 3 rings (SSSR count). The van der Waals surface area contributed by atoms with Crippen molar-refractivity contribution in [1.29, 1.82) is 0 Å². The van der Waals surface area contributed by atoms with E-state index in [1.807, 2.05) is 25.1 Å². The first kappa shape index (κ1) is 20.2. The summed E-state index contributed by atoms with van der Waals surface area (Å²) in [4.78, 5) is 2.01. The van der Waals surface area contributed by atoms with Gasteiger partial charge in [0.15, 0.2) is 0 Å². The third-order valence-corrected chi connectivity index (χ3v) is 6.32. The van der Waals surface area contributed by atoms with Crippen molar-refractivity contribution in [1.82, 2.24) is 4.90 Å². The van der Waals surface area contributed by atoms with E-state index in [1.54, 1.807) is 18.2 Å². The number of nitrogens with zero attached hydrogens (tertiary/aromatic N) is 3. The van der Waals surface area contributed by atoms with Crippen molar-refractivity contribution < 1.29 is 18.2 Å². The molecule has 0 amide bonds. The Kier molecular flexibility index (Phi) is 6.15. The highest BCUT2D eigenvalue weighted by molar-refractivity contribution is 8.27. The van der Waals surface area contributed by atoms with E-state index in [-0.39, 0.29) is 5.02 Å². The molecule has 0 bridgehead atoms. The maximum Gasteiger partial charge on any atom is 0.124 e. The molecule has 1 aliphatic heterocycles. The SMILES string of the molecule is CN(C)CCOCCN1c2ccccc2N(c2ccc(F)cc2Cl)S1(O)O. The topological polar surface area (TPSA) is 59.4 Å². The Labute approximate surface area is 165 Å². The van der Waals surface area contributed by atoms with Crippen molar-refractivity contribution in [3.63, 3.8) is 0 Å². The van der Waals surface area contributed by atoms with E-state index in [1.165, 1.54) is 20.7 Å². The maximum atomic E-state index is 13.4. The molecule has 148 valence electrons. The number of benzene rings is 2. The number of rotatable bonds is 7. The summed E-state index contributed by atoms with van der Waals surface area (Å²) in [5.74, 6) is -0.487. The fourth-order valence-electron chi connectivity index (χ4n) is 2.86. The zero-order valence-electron chi connectivity index (χ0n) is 15.2. The van der Waals surface area contributed by atoms with Crippen molar-refractivity contribution in [3.05, 3.63) is 53.3 Å². The molecule has 2 aromatic carbocycles. The Morgan fingerprint density at radius 3 is 2.44 bits per heavy atom. The van der Waals surface area contributed by atoms with Gasteiger partial charge in [0, 0.05) is 6.54 Å². The number of ether oxygens (including phenoxy) is 1. The molecule has 0 atom stereocenters. The fraction of sp³-hybridized carbons (Fsp3) is 0.333. The minimum absolute atomic E-state index is 0.105. The zero-order chi connectivity index (χ0) is 19.6. The summed E-state index contributed by atoms with van der Waals surface area (Å²) in [5.41, 5.74) is 1.59. The number of anilines is 3. The largest absolute Gasteiger partial charge is 0.378 e. The lowest BCUT2D eigenvalue weighted by Gasteiger charge is -2.44. The van der Waals surface area contributed by atoms with Gasteiger partial charge in [-0.3, -0.25) is 9.11 Å². The lowest BCUT2D eigenvalue weighted by Crippen LogP contribution is -2.34. The number of fused-ring (bicyclic) bond motifs is 1. The standard InChI is InChI=1S/C18H23ClFN3O3S/c1-21(2)9-11-26-12-10-22-17-5-3-4-6-18(17)23(27(22,24)25)16-8-7-14(20)13-15(16)19/h3-8,13,24-25H,9-12H2,1-2H3. The highest BCUT2D eigenvalue weighted by Crippen LogP contribution is 2.64. The molecule has 1 heterocycles. The molecule has 0 aliphatic carbocycles. The van der Waals surface area contributed by atoms with Gasteiger partial charge in [0.25, 0.3) is 0 Å². The molecule has 0 unspecified atom stereocenters. The van der Waals surface area contributed by atoms with Crippen LogP contribution in [-0.2, 0) is 4.74 Å². The zero-order valence-corrected chi connectivity index (χ0v) is 16.8. The molecular formula is C18H23ClFN3O3S. The van der Waals surface area contributed by atoms with Crippen LogP contribution in [0.1, 0.15) is 0 Å². The van der Waals surface area contributed by atoms with Gasteiger partial charge in [-0.1, -0.05) is 23.7 Å². The summed E-state index contributed by atoms with van der Waals surface area (Å²) in [6.45, 7) is 1.96. The van der Waals surface area contributed by atoms with Crippen molar-refractivity contribution >= 4 is 39.6 Å². The molecular weight excluding hydrogens is 393 g/mol. The van der Waals surface area contributed by atoms with Crippen molar-refractivity contribution in [2.75, 3.05) is 49.0 Å². The van der Waals surface area contributed by atoms with Crippen LogP contribution in [0.4, 0.5) is 21.5 Å². The normalized spacial score (nSPS) is 16.7. The second-order valence-electron chi connectivity index (χ2n) is 6.39. The lowest BCUT2D eigenvalue weighted by molar-refractivity contribution is 0.124. The number of para-hydroxylation sites is 2. The van der Waals surface area contributed by atoms with Crippen LogP contribution >= 0.6 is 22.6 Å². The van der Waals surface area contributed by atoms with Gasteiger partial charge < -0.3 is 9.64 Å². The fourth-order valence-corrected chi connectivity index (χ4v) is 4.93. The Hall–Kier alpha value is -1.55. The van der Waals surface area contributed by atoms with Crippen molar-refractivity contribution in [2.24, 2.45) is 0 Å². The van der Waals surface area contributed by atoms with E-state index in [4.69, 9.17) is 16.3 Å². The highest BCUT2D eigenvalue weighted by atomic mass is 35.5. The van der Waals surface area contributed by atoms with Gasteiger partial charge in [-0.2, -0.15) is 0 Å². The number of hydrogen-bond acceptors (Lipinski definition) is 6. The molecule has 0 aromatic heterocycles. The number of halogens is 2. The van der Waals surface area contributed by atoms with Gasteiger partial charge >= 0.3 is 0 Å². The molecule has 0 saturated carbocycles.